The van der Waals surface area contributed by atoms with Gasteiger partial charge in [-0.25, -0.2) is 4.39 Å². The SMILES string of the molecule is Cc1c(C)c(C)[c-](C)c1C.Cc1cc2c(/C=C/c3ccc(F)cc3)cccc2[cH-]1.[Cl-].[Cl-].[Zr+4]. The fourth-order valence-corrected chi connectivity index (χ4v) is 3.72. The summed E-state index contributed by atoms with van der Waals surface area (Å²) >= 11 is 0. The minimum atomic E-state index is -0.203. The van der Waals surface area contributed by atoms with Crippen LogP contribution in [0.2, 0.25) is 0 Å². The van der Waals surface area contributed by atoms with Crippen LogP contribution in [-0.2, 0) is 26.2 Å². The van der Waals surface area contributed by atoms with Gasteiger partial charge in [0, 0.05) is 0 Å². The Morgan fingerprint density at radius 2 is 1.38 bits per heavy atom. The molecule has 0 unspecified atom stereocenters. The Morgan fingerprint density at radius 3 is 1.88 bits per heavy atom. The minimum Gasteiger partial charge on any atom is -1.00 e. The molecule has 4 aromatic rings. The molecule has 4 aromatic carbocycles. The van der Waals surface area contributed by atoms with E-state index in [9.17, 15) is 4.39 Å². The van der Waals surface area contributed by atoms with Gasteiger partial charge in [0.05, 0.1) is 0 Å². The van der Waals surface area contributed by atoms with Gasteiger partial charge in [-0.1, -0.05) is 77.5 Å². The van der Waals surface area contributed by atoms with Crippen molar-refractivity contribution < 1.29 is 55.4 Å². The van der Waals surface area contributed by atoms with Gasteiger partial charge in [0.1, 0.15) is 5.82 Å². The van der Waals surface area contributed by atoms with Crippen LogP contribution in [0.3, 0.4) is 0 Å². The van der Waals surface area contributed by atoms with Crippen LogP contribution in [0, 0.1) is 47.4 Å². The monoisotopic (exact) mass is 544 g/mol. The van der Waals surface area contributed by atoms with E-state index in [1.54, 1.807) is 12.1 Å². The van der Waals surface area contributed by atoms with Gasteiger partial charge < -0.3 is 24.8 Å². The molecule has 0 spiro atoms. The van der Waals surface area contributed by atoms with E-state index < -0.39 is 0 Å². The number of hydrogen-bond donors (Lipinski definition) is 0. The van der Waals surface area contributed by atoms with Crippen molar-refractivity contribution in [3.05, 3.63) is 105 Å². The molecule has 0 N–H and O–H groups in total. The van der Waals surface area contributed by atoms with Gasteiger partial charge in [0.2, 0.25) is 0 Å². The maximum atomic E-state index is 12.8. The molecule has 0 amide bonds. The zero-order valence-corrected chi connectivity index (χ0v) is 23.5. The Labute approximate surface area is 223 Å². The fourth-order valence-electron chi connectivity index (χ4n) is 3.72. The van der Waals surface area contributed by atoms with Crippen LogP contribution in [-0.4, -0.2) is 0 Å². The molecule has 4 rings (SSSR count). The molecule has 0 nitrogen and oxygen atoms in total. The van der Waals surface area contributed by atoms with Gasteiger partial charge >= 0.3 is 26.2 Å². The van der Waals surface area contributed by atoms with Crippen LogP contribution in [0.25, 0.3) is 22.9 Å². The first-order valence-corrected chi connectivity index (χ1v) is 10.1. The summed E-state index contributed by atoms with van der Waals surface area (Å²) in [6, 6.07) is 17.2. The second-order valence-electron chi connectivity index (χ2n) is 7.89. The van der Waals surface area contributed by atoms with E-state index in [0.29, 0.717) is 0 Å². The Morgan fingerprint density at radius 1 is 0.812 bits per heavy atom. The van der Waals surface area contributed by atoms with Crippen LogP contribution >= 0.6 is 0 Å². The minimum absolute atomic E-state index is 0. The molecule has 0 aromatic heterocycles. The zero-order valence-electron chi connectivity index (χ0n) is 19.5. The Bertz CT molecular complexity index is 1080. The molecule has 0 fully saturated rings. The van der Waals surface area contributed by atoms with Crippen molar-refractivity contribution in [3.63, 3.8) is 0 Å². The maximum absolute atomic E-state index is 12.8. The van der Waals surface area contributed by atoms with E-state index in [4.69, 9.17) is 0 Å². The second-order valence-corrected chi connectivity index (χ2v) is 7.89. The fraction of sp³-hybridized carbons (Fsp3) is 0.214. The molecule has 0 saturated heterocycles. The van der Waals surface area contributed by atoms with Gasteiger partial charge in [-0.05, 0) is 17.7 Å². The molecule has 0 aliphatic carbocycles. The van der Waals surface area contributed by atoms with Crippen molar-refractivity contribution in [3.8, 4) is 0 Å². The summed E-state index contributed by atoms with van der Waals surface area (Å²) in [7, 11) is 0. The van der Waals surface area contributed by atoms with Crippen LogP contribution < -0.4 is 24.8 Å². The molecule has 0 bridgehead atoms. The average molecular weight is 547 g/mol. The third-order valence-corrected chi connectivity index (χ3v) is 6.07. The zero-order chi connectivity index (χ0) is 21.1. The standard InChI is InChI=1S/C18H14F.C10H15.2ClH.Zr/c1-13-11-16-4-2-3-15(18(16)12-13)8-5-14-6-9-17(19)10-7-14;1-6-7(2)9(4)10(5)8(6)3;;;/h2-12H,1H3;1-5H3;2*1H;/q2*-1;;;+4/p-2/b8-5+;;;;. The number of aryl methyl sites for hydroxylation is 1. The van der Waals surface area contributed by atoms with Crippen LogP contribution in [0.1, 0.15) is 44.5 Å². The molecule has 0 aliphatic heterocycles. The maximum Gasteiger partial charge on any atom is 4.00 e. The molecule has 32 heavy (non-hydrogen) atoms. The third kappa shape index (κ3) is 7.01. The van der Waals surface area contributed by atoms with Crippen LogP contribution in [0.5, 0.6) is 0 Å². The normalized spacial score (nSPS) is 10.1. The summed E-state index contributed by atoms with van der Waals surface area (Å²) in [6.07, 6.45) is 4.09. The summed E-state index contributed by atoms with van der Waals surface area (Å²) in [6.45, 7) is 13.1. The smallest absolute Gasteiger partial charge is 1.00 e. The topological polar surface area (TPSA) is 0 Å². The first-order valence-electron chi connectivity index (χ1n) is 10.1. The van der Waals surface area contributed by atoms with Gasteiger partial charge in [-0.15, -0.1) is 34.5 Å². The van der Waals surface area contributed by atoms with Crippen molar-refractivity contribution in [2.45, 2.75) is 41.5 Å². The molecular formula is C28H29Cl2FZr. The number of fused-ring (bicyclic) bond motifs is 1. The average Bonchev–Trinajstić information content (AvgIpc) is 3.18. The summed E-state index contributed by atoms with van der Waals surface area (Å²) in [4.78, 5) is 0. The summed E-state index contributed by atoms with van der Waals surface area (Å²) < 4.78 is 12.8. The van der Waals surface area contributed by atoms with Crippen molar-refractivity contribution in [1.82, 2.24) is 0 Å². The number of benzene rings is 2. The van der Waals surface area contributed by atoms with Crippen molar-refractivity contribution in [2.75, 3.05) is 0 Å². The molecule has 0 atom stereocenters. The number of halogens is 3. The third-order valence-electron chi connectivity index (χ3n) is 6.07. The van der Waals surface area contributed by atoms with Gasteiger partial charge in [-0.3, -0.25) is 0 Å². The Kier molecular flexibility index (Phi) is 12.7. The molecular weight excluding hydrogens is 517 g/mol. The van der Waals surface area contributed by atoms with E-state index >= 15 is 0 Å². The first-order chi connectivity index (χ1) is 13.8. The van der Waals surface area contributed by atoms with Gasteiger partial charge in [0.25, 0.3) is 0 Å². The van der Waals surface area contributed by atoms with E-state index in [2.05, 4.69) is 78.0 Å². The van der Waals surface area contributed by atoms with Crippen molar-refractivity contribution in [1.29, 1.82) is 0 Å². The summed E-state index contributed by atoms with van der Waals surface area (Å²) in [5.41, 5.74) is 10.8. The molecule has 0 heterocycles. The van der Waals surface area contributed by atoms with Crippen LogP contribution in [0.4, 0.5) is 4.39 Å². The molecule has 166 valence electrons. The Hall–Kier alpha value is -1.47. The number of hydrogen-bond acceptors (Lipinski definition) is 0. The van der Waals surface area contributed by atoms with E-state index in [0.717, 1.165) is 5.56 Å². The first kappa shape index (κ1) is 30.5. The largest absolute Gasteiger partial charge is 4.00 e. The van der Waals surface area contributed by atoms with Crippen LogP contribution in [0.15, 0.2) is 54.6 Å². The molecule has 4 heteroatoms. The van der Waals surface area contributed by atoms with Gasteiger partial charge in [-0.2, -0.15) is 33.9 Å². The summed E-state index contributed by atoms with van der Waals surface area (Å²) in [5.74, 6) is -0.203. The van der Waals surface area contributed by atoms with E-state index in [1.165, 1.54) is 61.8 Å². The Balaban J connectivity index is 0.000000642. The van der Waals surface area contributed by atoms with Crippen molar-refractivity contribution in [2.24, 2.45) is 0 Å². The molecule has 0 radical (unpaired) electrons. The predicted molar refractivity (Wildman–Crippen MR) is 125 cm³/mol. The molecule has 0 saturated carbocycles. The van der Waals surface area contributed by atoms with Crippen molar-refractivity contribution >= 4 is 22.9 Å². The van der Waals surface area contributed by atoms with E-state index in [-0.39, 0.29) is 56.8 Å². The summed E-state index contributed by atoms with van der Waals surface area (Å²) in [5, 5.41) is 2.53. The van der Waals surface area contributed by atoms with E-state index in [1.807, 2.05) is 6.08 Å². The van der Waals surface area contributed by atoms with Gasteiger partial charge in [0.15, 0.2) is 0 Å². The quantitative estimate of drug-likeness (QED) is 0.267. The predicted octanol–water partition coefficient (Wildman–Crippen LogP) is 2.13. The molecule has 0 aliphatic rings. The number of rotatable bonds is 2. The second kappa shape index (κ2) is 13.3.